The molecule has 1 N–H and O–H groups in total. The third kappa shape index (κ3) is 4.92. The maximum atomic E-state index is 9.02. The van der Waals surface area contributed by atoms with Gasteiger partial charge < -0.3 is 9.84 Å². The molecule has 0 aromatic heterocycles. The fraction of sp³-hybridized carbons (Fsp3) is 0.600. The molecule has 0 aliphatic carbocycles. The van der Waals surface area contributed by atoms with Gasteiger partial charge in [0.25, 0.3) is 0 Å². The smallest absolute Gasteiger partial charge is 0.133 e. The first-order valence-corrected chi connectivity index (χ1v) is 8.27. The number of likely N-dealkylation sites (tertiary alicyclic amines) is 1. The number of rotatable bonds is 6. The molecule has 1 heterocycles. The molecular weight excluding hydrogens is 342 g/mol. The lowest BCUT2D eigenvalue weighted by Crippen LogP contribution is -2.38. The molecule has 1 saturated heterocycles. The van der Waals surface area contributed by atoms with E-state index in [2.05, 4.69) is 20.8 Å². The number of halogens is 2. The van der Waals surface area contributed by atoms with Crippen LogP contribution >= 0.6 is 27.5 Å². The van der Waals surface area contributed by atoms with Crippen molar-refractivity contribution in [3.8, 4) is 5.75 Å². The summed E-state index contributed by atoms with van der Waals surface area (Å²) < 4.78 is 6.68. The lowest BCUT2D eigenvalue weighted by atomic mass is 9.95. The Morgan fingerprint density at radius 1 is 1.45 bits per heavy atom. The van der Waals surface area contributed by atoms with E-state index in [9.17, 15) is 0 Å². The molecule has 1 aromatic carbocycles. The van der Waals surface area contributed by atoms with Gasteiger partial charge in [-0.25, -0.2) is 0 Å². The molecule has 1 fully saturated rings. The zero-order chi connectivity index (χ0) is 14.4. The SMILES string of the molecule is OCCC1CCCN(CCOc2ccc(Cl)cc2Br)C1. The van der Waals surface area contributed by atoms with E-state index in [0.29, 0.717) is 24.2 Å². The van der Waals surface area contributed by atoms with Crippen LogP contribution in [0.2, 0.25) is 5.02 Å². The van der Waals surface area contributed by atoms with Crippen molar-refractivity contribution < 1.29 is 9.84 Å². The van der Waals surface area contributed by atoms with E-state index in [0.717, 1.165) is 36.3 Å². The number of aliphatic hydroxyl groups is 1. The quantitative estimate of drug-likeness (QED) is 0.839. The molecule has 20 heavy (non-hydrogen) atoms. The Hall–Kier alpha value is -0.290. The van der Waals surface area contributed by atoms with Crippen LogP contribution in [0, 0.1) is 5.92 Å². The summed E-state index contributed by atoms with van der Waals surface area (Å²) in [6.45, 7) is 4.11. The summed E-state index contributed by atoms with van der Waals surface area (Å²) in [6.07, 6.45) is 3.37. The fourth-order valence-corrected chi connectivity index (χ4v) is 3.45. The van der Waals surface area contributed by atoms with Gasteiger partial charge in [-0.1, -0.05) is 11.6 Å². The minimum Gasteiger partial charge on any atom is -0.491 e. The summed E-state index contributed by atoms with van der Waals surface area (Å²) in [5.74, 6) is 1.47. The Morgan fingerprint density at radius 2 is 2.30 bits per heavy atom. The second kappa shape index (κ2) is 8.23. The van der Waals surface area contributed by atoms with Crippen molar-refractivity contribution in [2.45, 2.75) is 19.3 Å². The maximum Gasteiger partial charge on any atom is 0.133 e. The standard InChI is InChI=1S/C15H21BrClNO2/c16-14-10-13(17)3-4-15(14)20-9-7-18-6-1-2-12(11-18)5-8-19/h3-4,10,12,19H,1-2,5-9,11H2. The van der Waals surface area contributed by atoms with Gasteiger partial charge in [-0.15, -0.1) is 0 Å². The van der Waals surface area contributed by atoms with Gasteiger partial charge in [-0.2, -0.15) is 0 Å². The minimum absolute atomic E-state index is 0.298. The Bertz CT molecular complexity index is 428. The van der Waals surface area contributed by atoms with Crippen molar-refractivity contribution in [1.29, 1.82) is 0 Å². The van der Waals surface area contributed by atoms with Crippen LogP contribution in [0.3, 0.4) is 0 Å². The number of hydrogen-bond donors (Lipinski definition) is 1. The molecule has 1 aliphatic rings. The van der Waals surface area contributed by atoms with Crippen LogP contribution in [0.25, 0.3) is 0 Å². The second-order valence-electron chi connectivity index (χ2n) is 5.24. The van der Waals surface area contributed by atoms with Crippen molar-refractivity contribution in [3.63, 3.8) is 0 Å². The molecule has 112 valence electrons. The Balaban J connectivity index is 1.75. The molecule has 0 radical (unpaired) electrons. The van der Waals surface area contributed by atoms with E-state index in [1.165, 1.54) is 12.8 Å². The maximum absolute atomic E-state index is 9.02. The lowest BCUT2D eigenvalue weighted by Gasteiger charge is -2.32. The number of hydrogen-bond acceptors (Lipinski definition) is 3. The highest BCUT2D eigenvalue weighted by Gasteiger charge is 2.19. The predicted octanol–water partition coefficient (Wildman–Crippen LogP) is 3.58. The fourth-order valence-electron chi connectivity index (χ4n) is 2.65. The monoisotopic (exact) mass is 361 g/mol. The van der Waals surface area contributed by atoms with Crippen LogP contribution in [0.15, 0.2) is 22.7 Å². The van der Waals surface area contributed by atoms with E-state index < -0.39 is 0 Å². The van der Waals surface area contributed by atoms with Crippen molar-refractivity contribution in [3.05, 3.63) is 27.7 Å². The summed E-state index contributed by atoms with van der Waals surface area (Å²) in [4.78, 5) is 2.42. The molecule has 1 unspecified atom stereocenters. The Labute approximate surface area is 134 Å². The first-order chi connectivity index (χ1) is 9.69. The number of benzene rings is 1. The second-order valence-corrected chi connectivity index (χ2v) is 6.54. The van der Waals surface area contributed by atoms with Crippen molar-refractivity contribution in [2.75, 3.05) is 32.8 Å². The van der Waals surface area contributed by atoms with Crippen molar-refractivity contribution >= 4 is 27.5 Å². The number of aliphatic hydroxyl groups excluding tert-OH is 1. The minimum atomic E-state index is 0.298. The number of ether oxygens (including phenoxy) is 1. The molecule has 1 atom stereocenters. The summed E-state index contributed by atoms with van der Waals surface area (Å²) in [5.41, 5.74) is 0. The highest BCUT2D eigenvalue weighted by atomic mass is 79.9. The molecule has 1 aromatic rings. The van der Waals surface area contributed by atoms with Gasteiger partial charge in [-0.05, 0) is 65.9 Å². The van der Waals surface area contributed by atoms with Crippen molar-refractivity contribution in [2.24, 2.45) is 5.92 Å². The molecule has 3 nitrogen and oxygen atoms in total. The van der Waals surface area contributed by atoms with E-state index in [1.54, 1.807) is 0 Å². The molecule has 2 rings (SSSR count). The van der Waals surface area contributed by atoms with Gasteiger partial charge in [0.2, 0.25) is 0 Å². The highest BCUT2D eigenvalue weighted by molar-refractivity contribution is 9.10. The van der Waals surface area contributed by atoms with E-state index in [1.807, 2.05) is 18.2 Å². The molecule has 0 amide bonds. The van der Waals surface area contributed by atoms with Crippen LogP contribution in [-0.2, 0) is 0 Å². The zero-order valence-electron chi connectivity index (χ0n) is 11.5. The van der Waals surface area contributed by atoms with Gasteiger partial charge in [-0.3, -0.25) is 4.90 Å². The van der Waals surface area contributed by atoms with Gasteiger partial charge in [0.15, 0.2) is 0 Å². The molecule has 0 saturated carbocycles. The first kappa shape index (κ1) is 16.1. The Morgan fingerprint density at radius 3 is 3.05 bits per heavy atom. The molecule has 5 heteroatoms. The number of nitrogens with zero attached hydrogens (tertiary/aromatic N) is 1. The largest absolute Gasteiger partial charge is 0.491 e. The van der Waals surface area contributed by atoms with Gasteiger partial charge in [0, 0.05) is 24.7 Å². The average Bonchev–Trinajstić information content (AvgIpc) is 2.42. The predicted molar refractivity (Wildman–Crippen MR) is 85.5 cm³/mol. The van der Waals surface area contributed by atoms with E-state index in [4.69, 9.17) is 21.4 Å². The third-order valence-corrected chi connectivity index (χ3v) is 4.55. The van der Waals surface area contributed by atoms with Gasteiger partial charge in [0.1, 0.15) is 12.4 Å². The topological polar surface area (TPSA) is 32.7 Å². The number of piperidine rings is 1. The molecular formula is C15H21BrClNO2. The first-order valence-electron chi connectivity index (χ1n) is 7.10. The third-order valence-electron chi connectivity index (χ3n) is 3.70. The molecule has 1 aliphatic heterocycles. The lowest BCUT2D eigenvalue weighted by molar-refractivity contribution is 0.129. The average molecular weight is 363 g/mol. The van der Waals surface area contributed by atoms with E-state index in [-0.39, 0.29) is 0 Å². The van der Waals surface area contributed by atoms with Crippen molar-refractivity contribution in [1.82, 2.24) is 4.90 Å². The summed E-state index contributed by atoms with van der Waals surface area (Å²) in [7, 11) is 0. The molecule has 0 spiro atoms. The van der Waals surface area contributed by atoms with E-state index >= 15 is 0 Å². The van der Waals surface area contributed by atoms with Gasteiger partial charge >= 0.3 is 0 Å². The Kier molecular flexibility index (Phi) is 6.62. The zero-order valence-corrected chi connectivity index (χ0v) is 13.9. The van der Waals surface area contributed by atoms with Crippen LogP contribution in [0.5, 0.6) is 5.75 Å². The van der Waals surface area contributed by atoms with Crippen LogP contribution in [0.1, 0.15) is 19.3 Å². The van der Waals surface area contributed by atoms with Gasteiger partial charge in [0.05, 0.1) is 4.47 Å². The molecule has 0 bridgehead atoms. The van der Waals surface area contributed by atoms with Crippen LogP contribution < -0.4 is 4.74 Å². The summed E-state index contributed by atoms with van der Waals surface area (Å²) in [6, 6.07) is 5.56. The summed E-state index contributed by atoms with van der Waals surface area (Å²) >= 11 is 9.36. The van der Waals surface area contributed by atoms with Crippen LogP contribution in [-0.4, -0.2) is 42.9 Å². The highest BCUT2D eigenvalue weighted by Crippen LogP contribution is 2.28. The summed E-state index contributed by atoms with van der Waals surface area (Å²) in [5, 5.41) is 9.72. The normalized spacial score (nSPS) is 20.1. The van der Waals surface area contributed by atoms with Crippen LogP contribution in [0.4, 0.5) is 0 Å².